The second-order valence-corrected chi connectivity index (χ2v) is 6.76. The van der Waals surface area contributed by atoms with Crippen LogP contribution in [0.25, 0.3) is 0 Å². The molecule has 0 aliphatic rings. The summed E-state index contributed by atoms with van der Waals surface area (Å²) >= 11 is 0. The van der Waals surface area contributed by atoms with Crippen LogP contribution >= 0.6 is 0 Å². The number of allylic oxidation sites excluding steroid dienone is 3. The third kappa shape index (κ3) is 12.3. The van der Waals surface area contributed by atoms with Gasteiger partial charge in [0.1, 0.15) is 12.1 Å². The van der Waals surface area contributed by atoms with E-state index in [1.54, 1.807) is 12.2 Å². The van der Waals surface area contributed by atoms with Gasteiger partial charge in [-0.3, -0.25) is 4.79 Å². The fourth-order valence-corrected chi connectivity index (χ4v) is 2.35. The molecule has 1 atom stereocenters. The van der Waals surface area contributed by atoms with Crippen LogP contribution in [0.15, 0.2) is 24.3 Å². The number of quaternary nitrogens is 1. The molecule has 0 aromatic rings. The van der Waals surface area contributed by atoms with Gasteiger partial charge in [-0.2, -0.15) is 0 Å². The number of unbranched alkanes of at least 4 members (excludes halogenated alkanes) is 4. The highest BCUT2D eigenvalue weighted by Gasteiger charge is 2.33. The van der Waals surface area contributed by atoms with Gasteiger partial charge in [0.05, 0.1) is 27.6 Å². The van der Waals surface area contributed by atoms with Gasteiger partial charge in [0.25, 0.3) is 0 Å². The summed E-state index contributed by atoms with van der Waals surface area (Å²) in [5, 5.41) is 19.4. The molecule has 0 saturated heterocycles. The van der Waals surface area contributed by atoms with Gasteiger partial charge in [0.15, 0.2) is 0 Å². The maximum Gasteiger partial charge on any atom is 0.306 e. The van der Waals surface area contributed by atoms with Crippen LogP contribution in [0.1, 0.15) is 45.4 Å². The Bertz CT molecular complexity index is 356. The van der Waals surface area contributed by atoms with Gasteiger partial charge in [-0.1, -0.05) is 44.4 Å². The number of nitrogens with zero attached hydrogens (tertiary/aromatic N) is 1. The zero-order chi connectivity index (χ0) is 16.4. The zero-order valence-corrected chi connectivity index (χ0v) is 14.0. The van der Waals surface area contributed by atoms with Gasteiger partial charge in [0.2, 0.25) is 0 Å². The lowest BCUT2D eigenvalue weighted by Gasteiger charge is -2.32. The number of rotatable bonds is 11. The number of carbonyl (C=O) groups is 1. The number of aliphatic carboxylic acids is 1. The largest absolute Gasteiger partial charge is 0.481 e. The lowest BCUT2D eigenvalue weighted by Crippen LogP contribution is -2.49. The summed E-state index contributed by atoms with van der Waals surface area (Å²) in [4.78, 5) is 10.9. The lowest BCUT2D eigenvalue weighted by molar-refractivity contribution is -0.876. The number of carboxylic acids is 1. The Morgan fingerprint density at radius 2 is 1.81 bits per heavy atom. The number of hydrogen-bond donors (Lipinski definition) is 2. The SMILES string of the molecule is CCCCCCC=CC=CC(O)(CC(=O)O)C[N+](C)(C)C. The molecule has 0 bridgehead atoms. The molecule has 0 fully saturated rings. The summed E-state index contributed by atoms with van der Waals surface area (Å²) in [6, 6.07) is 0. The van der Waals surface area contributed by atoms with Crippen LogP contribution in [0.2, 0.25) is 0 Å². The molecule has 0 aromatic carbocycles. The molecular weight excluding hydrogens is 266 g/mol. The molecule has 0 aliphatic carbocycles. The van der Waals surface area contributed by atoms with E-state index in [1.165, 1.54) is 25.7 Å². The lowest BCUT2D eigenvalue weighted by atomic mass is 9.97. The van der Waals surface area contributed by atoms with Gasteiger partial charge >= 0.3 is 5.97 Å². The molecule has 0 amide bonds. The van der Waals surface area contributed by atoms with Crippen molar-refractivity contribution in [1.29, 1.82) is 0 Å². The Balaban J connectivity index is 4.42. The summed E-state index contributed by atoms with van der Waals surface area (Å²) in [5.41, 5.74) is -1.31. The Hall–Kier alpha value is -1.13. The van der Waals surface area contributed by atoms with E-state index in [4.69, 9.17) is 5.11 Å². The van der Waals surface area contributed by atoms with E-state index in [2.05, 4.69) is 13.0 Å². The molecule has 1 unspecified atom stereocenters. The number of aliphatic hydroxyl groups is 1. The highest BCUT2D eigenvalue weighted by atomic mass is 16.4. The predicted molar refractivity (Wildman–Crippen MR) is 87.1 cm³/mol. The second-order valence-electron chi connectivity index (χ2n) is 6.76. The first kappa shape index (κ1) is 19.9. The average molecular weight is 298 g/mol. The van der Waals surface area contributed by atoms with E-state index in [0.29, 0.717) is 11.0 Å². The molecule has 4 heteroatoms. The van der Waals surface area contributed by atoms with Crippen molar-refractivity contribution in [2.24, 2.45) is 0 Å². The summed E-state index contributed by atoms with van der Waals surface area (Å²) in [6.07, 6.45) is 13.0. The first-order valence-corrected chi connectivity index (χ1v) is 7.77. The molecule has 122 valence electrons. The summed E-state index contributed by atoms with van der Waals surface area (Å²) in [6.45, 7) is 2.55. The summed E-state index contributed by atoms with van der Waals surface area (Å²) in [5.74, 6) is -0.987. The van der Waals surface area contributed by atoms with Crippen molar-refractivity contribution in [2.45, 2.75) is 51.0 Å². The minimum Gasteiger partial charge on any atom is -0.481 e. The topological polar surface area (TPSA) is 57.5 Å². The molecule has 0 heterocycles. The standard InChI is InChI=1S/C17H31NO3/c1-5-6-7-8-9-10-11-12-13-17(21,14-16(19)20)15-18(2,3)4/h10-13,21H,5-9,14-15H2,1-4H3/p+1. The first-order chi connectivity index (χ1) is 9.68. The van der Waals surface area contributed by atoms with E-state index >= 15 is 0 Å². The molecule has 0 radical (unpaired) electrons. The molecule has 0 aliphatic heterocycles. The molecule has 0 saturated carbocycles. The average Bonchev–Trinajstić information content (AvgIpc) is 2.29. The Labute approximate surface area is 129 Å². The van der Waals surface area contributed by atoms with Crippen molar-refractivity contribution in [1.82, 2.24) is 0 Å². The maximum atomic E-state index is 10.9. The van der Waals surface area contributed by atoms with Crippen LogP contribution in [-0.2, 0) is 4.79 Å². The van der Waals surface area contributed by atoms with Gasteiger partial charge in [-0.05, 0) is 18.9 Å². The Morgan fingerprint density at radius 3 is 2.33 bits per heavy atom. The summed E-state index contributed by atoms with van der Waals surface area (Å²) in [7, 11) is 5.80. The molecule has 2 N–H and O–H groups in total. The predicted octanol–water partition coefficient (Wildman–Crippen LogP) is 2.98. The van der Waals surface area contributed by atoms with Crippen molar-refractivity contribution in [3.63, 3.8) is 0 Å². The minimum atomic E-state index is -1.31. The Morgan fingerprint density at radius 1 is 1.14 bits per heavy atom. The highest BCUT2D eigenvalue weighted by molar-refractivity contribution is 5.68. The van der Waals surface area contributed by atoms with E-state index in [1.807, 2.05) is 27.2 Å². The smallest absolute Gasteiger partial charge is 0.306 e. The fourth-order valence-electron chi connectivity index (χ4n) is 2.35. The summed E-state index contributed by atoms with van der Waals surface area (Å²) < 4.78 is 0.509. The number of hydrogen-bond acceptors (Lipinski definition) is 2. The first-order valence-electron chi connectivity index (χ1n) is 7.77. The van der Waals surface area contributed by atoms with Crippen LogP contribution < -0.4 is 0 Å². The zero-order valence-electron chi connectivity index (χ0n) is 14.0. The molecular formula is C17H32NO3+. The normalized spacial score (nSPS) is 15.7. The second kappa shape index (κ2) is 9.74. The van der Waals surface area contributed by atoms with E-state index in [0.717, 1.165) is 6.42 Å². The van der Waals surface area contributed by atoms with Gasteiger partial charge in [-0.25, -0.2) is 0 Å². The van der Waals surface area contributed by atoms with E-state index < -0.39 is 11.6 Å². The monoisotopic (exact) mass is 298 g/mol. The van der Waals surface area contributed by atoms with Crippen LogP contribution in [0.5, 0.6) is 0 Å². The number of likely N-dealkylation sites (N-methyl/N-ethyl adjacent to an activating group) is 1. The maximum absolute atomic E-state index is 10.9. The van der Waals surface area contributed by atoms with Crippen LogP contribution in [0.4, 0.5) is 0 Å². The quantitative estimate of drug-likeness (QED) is 0.350. The third-order valence-electron chi connectivity index (χ3n) is 3.08. The van der Waals surface area contributed by atoms with Crippen molar-refractivity contribution in [2.75, 3.05) is 27.7 Å². The third-order valence-corrected chi connectivity index (χ3v) is 3.08. The molecule has 0 spiro atoms. The molecule has 0 aromatic heterocycles. The van der Waals surface area contributed by atoms with Crippen molar-refractivity contribution >= 4 is 5.97 Å². The van der Waals surface area contributed by atoms with Crippen LogP contribution in [-0.4, -0.2) is 54.0 Å². The van der Waals surface area contributed by atoms with Crippen molar-refractivity contribution in [3.05, 3.63) is 24.3 Å². The van der Waals surface area contributed by atoms with Crippen molar-refractivity contribution in [3.8, 4) is 0 Å². The molecule has 0 rings (SSSR count). The van der Waals surface area contributed by atoms with Gasteiger partial charge in [0, 0.05) is 0 Å². The minimum absolute atomic E-state index is 0.274. The Kier molecular flexibility index (Phi) is 9.22. The van der Waals surface area contributed by atoms with Gasteiger partial charge in [-0.15, -0.1) is 0 Å². The molecule has 4 nitrogen and oxygen atoms in total. The van der Waals surface area contributed by atoms with Crippen molar-refractivity contribution < 1.29 is 19.5 Å². The van der Waals surface area contributed by atoms with Crippen LogP contribution in [0.3, 0.4) is 0 Å². The molecule has 21 heavy (non-hydrogen) atoms. The fraction of sp³-hybridized carbons (Fsp3) is 0.706. The van der Waals surface area contributed by atoms with E-state index in [-0.39, 0.29) is 6.42 Å². The van der Waals surface area contributed by atoms with Crippen LogP contribution in [0, 0.1) is 0 Å². The number of carboxylic acid groups (broad SMARTS) is 1. The van der Waals surface area contributed by atoms with Gasteiger partial charge < -0.3 is 14.7 Å². The van der Waals surface area contributed by atoms with E-state index in [9.17, 15) is 9.90 Å². The highest BCUT2D eigenvalue weighted by Crippen LogP contribution is 2.16.